The van der Waals surface area contributed by atoms with Gasteiger partial charge in [-0.25, -0.2) is 0 Å². The largest absolute Gasteiger partial charge is 0.508 e. The van der Waals surface area contributed by atoms with E-state index in [1.807, 2.05) is 30.3 Å². The van der Waals surface area contributed by atoms with E-state index >= 15 is 0 Å². The van der Waals surface area contributed by atoms with E-state index in [-0.39, 0.29) is 0 Å². The molecule has 0 aromatic heterocycles. The third kappa shape index (κ3) is 5.14. The maximum absolute atomic E-state index is 9.70. The molecule has 2 heteroatoms. The molecule has 1 N–H and O–H groups in total. The summed E-state index contributed by atoms with van der Waals surface area (Å²) in [5, 5.41) is 9.70. The second-order valence-electron chi connectivity index (χ2n) is 5.39. The molecule has 0 amide bonds. The number of hydrogen-bond donors (Lipinski definition) is 1. The summed E-state index contributed by atoms with van der Waals surface area (Å²) in [6.45, 7) is 0. The molecule has 0 saturated heterocycles. The Bertz CT molecular complexity index is 549. The van der Waals surface area contributed by atoms with Gasteiger partial charge in [0, 0.05) is 0 Å². The molecule has 0 heterocycles. The maximum atomic E-state index is 9.70. The zero-order valence-corrected chi connectivity index (χ0v) is 12.7. The number of benzene rings is 2. The molecule has 0 atom stereocenters. The average molecular weight is 284 g/mol. The highest BCUT2D eigenvalue weighted by Gasteiger charge is 2.00. The summed E-state index contributed by atoms with van der Waals surface area (Å²) in [7, 11) is 1.71. The standard InChI is InChI=1S/C19H24O2/c1-21-18-13-8-10-16(15-18)9-4-2-3-5-11-17-12-6-7-14-19(17)20/h6-8,10,12-15,20H,2-5,9,11H2,1H3. The molecule has 21 heavy (non-hydrogen) atoms. The molecule has 0 saturated carbocycles. The molecule has 0 aliphatic heterocycles. The van der Waals surface area contributed by atoms with Crippen LogP contribution in [-0.2, 0) is 12.8 Å². The zero-order valence-electron chi connectivity index (χ0n) is 12.7. The fourth-order valence-corrected chi connectivity index (χ4v) is 2.55. The lowest BCUT2D eigenvalue weighted by molar-refractivity contribution is 0.414. The lowest BCUT2D eigenvalue weighted by Gasteiger charge is -2.06. The number of phenols is 1. The SMILES string of the molecule is COc1cccc(CCCCCCc2ccccc2O)c1. The average Bonchev–Trinajstić information content (AvgIpc) is 2.52. The molecular weight excluding hydrogens is 260 g/mol. The van der Waals surface area contributed by atoms with Crippen LogP contribution < -0.4 is 4.74 Å². The van der Waals surface area contributed by atoms with Crippen molar-refractivity contribution in [1.29, 1.82) is 0 Å². The Morgan fingerprint density at radius 2 is 1.62 bits per heavy atom. The van der Waals surface area contributed by atoms with E-state index in [0.29, 0.717) is 5.75 Å². The molecule has 2 nitrogen and oxygen atoms in total. The van der Waals surface area contributed by atoms with E-state index in [1.54, 1.807) is 13.2 Å². The molecule has 112 valence electrons. The van der Waals surface area contributed by atoms with Crippen molar-refractivity contribution in [3.63, 3.8) is 0 Å². The highest BCUT2D eigenvalue weighted by atomic mass is 16.5. The minimum atomic E-state index is 0.425. The molecule has 0 aliphatic rings. The summed E-state index contributed by atoms with van der Waals surface area (Å²) in [5.74, 6) is 1.36. The molecule has 0 bridgehead atoms. The van der Waals surface area contributed by atoms with Gasteiger partial charge in [-0.05, 0) is 55.0 Å². The van der Waals surface area contributed by atoms with Crippen LogP contribution >= 0.6 is 0 Å². The Morgan fingerprint density at radius 3 is 2.38 bits per heavy atom. The van der Waals surface area contributed by atoms with Gasteiger partial charge in [0.05, 0.1) is 7.11 Å². The van der Waals surface area contributed by atoms with Crippen LogP contribution in [0.5, 0.6) is 11.5 Å². The van der Waals surface area contributed by atoms with Crippen LogP contribution in [0.2, 0.25) is 0 Å². The van der Waals surface area contributed by atoms with Crippen LogP contribution in [0.3, 0.4) is 0 Å². The van der Waals surface area contributed by atoms with Gasteiger partial charge in [-0.3, -0.25) is 0 Å². The summed E-state index contributed by atoms with van der Waals surface area (Å²) in [6.07, 6.45) is 6.84. The van der Waals surface area contributed by atoms with E-state index < -0.39 is 0 Å². The summed E-state index contributed by atoms with van der Waals surface area (Å²) < 4.78 is 5.24. The minimum absolute atomic E-state index is 0.425. The van der Waals surface area contributed by atoms with Gasteiger partial charge in [0.1, 0.15) is 11.5 Å². The number of hydrogen-bond acceptors (Lipinski definition) is 2. The Kier molecular flexibility index (Phi) is 6.14. The van der Waals surface area contributed by atoms with Crippen molar-refractivity contribution in [1.82, 2.24) is 0 Å². The van der Waals surface area contributed by atoms with E-state index in [4.69, 9.17) is 4.74 Å². The Hall–Kier alpha value is -1.96. The Morgan fingerprint density at radius 1 is 0.857 bits per heavy atom. The summed E-state index contributed by atoms with van der Waals surface area (Å²) in [4.78, 5) is 0. The molecule has 0 fully saturated rings. The van der Waals surface area contributed by atoms with Crippen LogP contribution in [0.1, 0.15) is 36.8 Å². The van der Waals surface area contributed by atoms with Crippen LogP contribution in [-0.4, -0.2) is 12.2 Å². The topological polar surface area (TPSA) is 29.5 Å². The van der Waals surface area contributed by atoms with Gasteiger partial charge in [-0.1, -0.05) is 43.2 Å². The predicted octanol–water partition coefficient (Wildman–Crippen LogP) is 4.75. The van der Waals surface area contributed by atoms with E-state index in [9.17, 15) is 5.11 Å². The number of unbranched alkanes of at least 4 members (excludes halogenated alkanes) is 3. The molecular formula is C19H24O2. The third-order valence-corrected chi connectivity index (χ3v) is 3.79. The van der Waals surface area contributed by atoms with Crippen molar-refractivity contribution < 1.29 is 9.84 Å². The van der Waals surface area contributed by atoms with Gasteiger partial charge in [0.2, 0.25) is 0 Å². The van der Waals surface area contributed by atoms with Crippen molar-refractivity contribution in [2.45, 2.75) is 38.5 Å². The second-order valence-corrected chi connectivity index (χ2v) is 5.39. The molecule has 0 unspecified atom stereocenters. The van der Waals surface area contributed by atoms with Crippen molar-refractivity contribution >= 4 is 0 Å². The molecule has 2 aromatic carbocycles. The van der Waals surface area contributed by atoms with Gasteiger partial charge < -0.3 is 9.84 Å². The minimum Gasteiger partial charge on any atom is -0.508 e. The van der Waals surface area contributed by atoms with Crippen LogP contribution in [0, 0.1) is 0 Å². The molecule has 0 spiro atoms. The Balaban J connectivity index is 1.63. The van der Waals surface area contributed by atoms with Gasteiger partial charge in [-0.2, -0.15) is 0 Å². The summed E-state index contributed by atoms with van der Waals surface area (Å²) in [6, 6.07) is 15.9. The quantitative estimate of drug-likeness (QED) is 0.709. The first-order valence-corrected chi connectivity index (χ1v) is 7.69. The summed E-state index contributed by atoms with van der Waals surface area (Å²) in [5.41, 5.74) is 2.40. The second kappa shape index (κ2) is 8.35. The normalized spacial score (nSPS) is 10.5. The predicted molar refractivity (Wildman–Crippen MR) is 87.0 cm³/mol. The smallest absolute Gasteiger partial charge is 0.119 e. The van der Waals surface area contributed by atoms with Crippen molar-refractivity contribution in [2.75, 3.05) is 7.11 Å². The first-order chi connectivity index (χ1) is 10.3. The lowest BCUT2D eigenvalue weighted by Crippen LogP contribution is -1.90. The zero-order chi connectivity index (χ0) is 14.9. The van der Waals surface area contributed by atoms with Gasteiger partial charge in [0.15, 0.2) is 0 Å². The maximum Gasteiger partial charge on any atom is 0.119 e. The number of aryl methyl sites for hydroxylation is 2. The van der Waals surface area contributed by atoms with Crippen molar-refractivity contribution in [3.8, 4) is 11.5 Å². The fourth-order valence-electron chi connectivity index (χ4n) is 2.55. The number of aromatic hydroxyl groups is 1. The first kappa shape index (κ1) is 15.4. The third-order valence-electron chi connectivity index (χ3n) is 3.79. The highest BCUT2D eigenvalue weighted by molar-refractivity contribution is 5.31. The number of ether oxygens (including phenoxy) is 1. The molecule has 2 rings (SSSR count). The fraction of sp³-hybridized carbons (Fsp3) is 0.368. The van der Waals surface area contributed by atoms with Gasteiger partial charge >= 0.3 is 0 Å². The highest BCUT2D eigenvalue weighted by Crippen LogP contribution is 2.19. The van der Waals surface area contributed by atoms with Crippen molar-refractivity contribution in [3.05, 3.63) is 59.7 Å². The number of phenolic OH excluding ortho intramolecular Hbond substituents is 1. The molecule has 0 aliphatic carbocycles. The number of para-hydroxylation sites is 1. The first-order valence-electron chi connectivity index (χ1n) is 7.69. The van der Waals surface area contributed by atoms with Gasteiger partial charge in [0.25, 0.3) is 0 Å². The van der Waals surface area contributed by atoms with Gasteiger partial charge in [-0.15, -0.1) is 0 Å². The Labute approximate surface area is 127 Å². The monoisotopic (exact) mass is 284 g/mol. The van der Waals surface area contributed by atoms with E-state index in [1.165, 1.54) is 24.8 Å². The molecule has 2 aromatic rings. The molecule has 0 radical (unpaired) electrons. The van der Waals surface area contributed by atoms with Crippen LogP contribution in [0.25, 0.3) is 0 Å². The van der Waals surface area contributed by atoms with Crippen molar-refractivity contribution in [2.24, 2.45) is 0 Å². The number of methoxy groups -OCH3 is 1. The lowest BCUT2D eigenvalue weighted by atomic mass is 10.0. The van der Waals surface area contributed by atoms with E-state index in [2.05, 4.69) is 12.1 Å². The summed E-state index contributed by atoms with van der Waals surface area (Å²) >= 11 is 0. The van der Waals surface area contributed by atoms with Crippen LogP contribution in [0.4, 0.5) is 0 Å². The van der Waals surface area contributed by atoms with Crippen LogP contribution in [0.15, 0.2) is 48.5 Å². The number of rotatable bonds is 8. The van der Waals surface area contributed by atoms with E-state index in [0.717, 1.165) is 30.6 Å².